The first-order valence-electron chi connectivity index (χ1n) is 11.5. The topological polar surface area (TPSA) is 47.0 Å². The van der Waals surface area contributed by atoms with Gasteiger partial charge in [-0.15, -0.1) is 11.3 Å². The number of piperazine rings is 1. The summed E-state index contributed by atoms with van der Waals surface area (Å²) in [6.07, 6.45) is 2.49. The van der Waals surface area contributed by atoms with Crippen molar-refractivity contribution in [1.82, 2.24) is 20.1 Å². The van der Waals surface area contributed by atoms with Crippen LogP contribution in [-0.2, 0) is 6.54 Å². The van der Waals surface area contributed by atoms with Gasteiger partial charge in [0, 0.05) is 57.4 Å². The molecular formula is C24H36N6S. The summed E-state index contributed by atoms with van der Waals surface area (Å²) in [6, 6.07) is 8.82. The SMILES string of the molecule is CN=C(NCC1CCN(Cc2csc(C)n2)CC1)N1CCN(c2cccc(C)c2)CC1. The molecule has 2 fully saturated rings. The van der Waals surface area contributed by atoms with Crippen LogP contribution in [0.2, 0.25) is 0 Å². The minimum absolute atomic E-state index is 0.721. The predicted molar refractivity (Wildman–Crippen MR) is 131 cm³/mol. The molecule has 0 saturated carbocycles. The van der Waals surface area contributed by atoms with Gasteiger partial charge in [-0.05, 0) is 63.4 Å². The van der Waals surface area contributed by atoms with Gasteiger partial charge in [-0.25, -0.2) is 4.98 Å². The monoisotopic (exact) mass is 440 g/mol. The van der Waals surface area contributed by atoms with Crippen LogP contribution in [0.1, 0.15) is 29.1 Å². The van der Waals surface area contributed by atoms with Crippen molar-refractivity contribution in [3.05, 3.63) is 45.9 Å². The van der Waals surface area contributed by atoms with Gasteiger partial charge in [0.2, 0.25) is 0 Å². The van der Waals surface area contributed by atoms with Crippen molar-refractivity contribution < 1.29 is 0 Å². The normalized spacial score (nSPS) is 19.1. The van der Waals surface area contributed by atoms with Crippen LogP contribution in [0.3, 0.4) is 0 Å². The number of aliphatic imine (C=N–C) groups is 1. The second kappa shape index (κ2) is 10.5. The third-order valence-electron chi connectivity index (χ3n) is 6.47. The zero-order valence-corrected chi connectivity index (χ0v) is 20.0. The zero-order valence-electron chi connectivity index (χ0n) is 19.2. The van der Waals surface area contributed by atoms with Crippen LogP contribution in [-0.4, -0.2) is 73.6 Å². The van der Waals surface area contributed by atoms with Gasteiger partial charge in [-0.3, -0.25) is 9.89 Å². The highest BCUT2D eigenvalue weighted by Crippen LogP contribution is 2.20. The van der Waals surface area contributed by atoms with Crippen LogP contribution in [0, 0.1) is 19.8 Å². The van der Waals surface area contributed by atoms with Crippen LogP contribution in [0.5, 0.6) is 0 Å². The molecule has 4 rings (SSSR count). The van der Waals surface area contributed by atoms with Crippen LogP contribution in [0.25, 0.3) is 0 Å². The fourth-order valence-electron chi connectivity index (χ4n) is 4.63. The number of nitrogens with zero attached hydrogens (tertiary/aromatic N) is 5. The average molecular weight is 441 g/mol. The van der Waals surface area contributed by atoms with Gasteiger partial charge in [0.1, 0.15) is 0 Å². The van der Waals surface area contributed by atoms with Crippen molar-refractivity contribution in [2.75, 3.05) is 57.8 Å². The minimum Gasteiger partial charge on any atom is -0.368 e. The van der Waals surface area contributed by atoms with Crippen molar-refractivity contribution in [3.8, 4) is 0 Å². The zero-order chi connectivity index (χ0) is 21.6. The number of piperidine rings is 1. The van der Waals surface area contributed by atoms with E-state index >= 15 is 0 Å². The Bertz CT molecular complexity index is 862. The Morgan fingerprint density at radius 1 is 1.13 bits per heavy atom. The molecule has 31 heavy (non-hydrogen) atoms. The summed E-state index contributed by atoms with van der Waals surface area (Å²) in [6.45, 7) is 12.7. The lowest BCUT2D eigenvalue weighted by Crippen LogP contribution is -2.53. The highest BCUT2D eigenvalue weighted by atomic mass is 32.1. The highest BCUT2D eigenvalue weighted by Gasteiger charge is 2.23. The highest BCUT2D eigenvalue weighted by molar-refractivity contribution is 7.09. The second-order valence-electron chi connectivity index (χ2n) is 8.82. The molecule has 0 bridgehead atoms. The molecule has 0 atom stereocenters. The lowest BCUT2D eigenvalue weighted by atomic mass is 9.97. The molecule has 3 heterocycles. The Labute approximate surface area is 191 Å². The standard InChI is InChI=1S/C24H36N6S/c1-19-5-4-6-23(15-19)29-11-13-30(14-12-29)24(25-3)26-16-21-7-9-28(10-8-21)17-22-18-31-20(2)27-22/h4-6,15,18,21H,7-14,16-17H2,1-3H3,(H,25,26). The fourth-order valence-corrected chi connectivity index (χ4v) is 5.23. The van der Waals surface area contributed by atoms with E-state index in [0.29, 0.717) is 0 Å². The number of guanidine groups is 1. The molecule has 2 aliphatic rings. The fraction of sp³-hybridized carbons (Fsp3) is 0.583. The molecule has 1 aromatic heterocycles. The molecule has 1 aromatic carbocycles. The molecule has 2 aliphatic heterocycles. The number of nitrogens with one attached hydrogen (secondary N) is 1. The largest absolute Gasteiger partial charge is 0.368 e. The number of aryl methyl sites for hydroxylation is 2. The number of hydrogen-bond donors (Lipinski definition) is 1. The Hall–Kier alpha value is -2.12. The average Bonchev–Trinajstić information content (AvgIpc) is 3.20. The summed E-state index contributed by atoms with van der Waals surface area (Å²) in [5, 5.41) is 7.04. The number of aromatic nitrogens is 1. The molecule has 7 heteroatoms. The molecule has 168 valence electrons. The molecule has 0 spiro atoms. The summed E-state index contributed by atoms with van der Waals surface area (Å²) >= 11 is 1.75. The van der Waals surface area contributed by atoms with Crippen molar-refractivity contribution in [3.63, 3.8) is 0 Å². The summed E-state index contributed by atoms with van der Waals surface area (Å²) in [5.41, 5.74) is 3.89. The maximum atomic E-state index is 4.61. The van der Waals surface area contributed by atoms with E-state index in [1.165, 1.54) is 34.8 Å². The van der Waals surface area contributed by atoms with Crippen molar-refractivity contribution in [2.24, 2.45) is 10.9 Å². The molecule has 0 unspecified atom stereocenters. The van der Waals surface area contributed by atoms with Gasteiger partial charge in [-0.1, -0.05) is 12.1 Å². The molecule has 1 N–H and O–H groups in total. The van der Waals surface area contributed by atoms with Crippen molar-refractivity contribution >= 4 is 23.0 Å². The first-order chi connectivity index (χ1) is 15.1. The molecule has 0 radical (unpaired) electrons. The van der Waals surface area contributed by atoms with Crippen molar-refractivity contribution in [1.29, 1.82) is 0 Å². The molecular weight excluding hydrogens is 404 g/mol. The first-order valence-corrected chi connectivity index (χ1v) is 12.4. The summed E-state index contributed by atoms with van der Waals surface area (Å²) in [7, 11) is 1.91. The Morgan fingerprint density at radius 3 is 2.55 bits per heavy atom. The molecule has 0 aliphatic carbocycles. The van der Waals surface area contributed by atoms with Gasteiger partial charge in [0.05, 0.1) is 10.7 Å². The number of rotatable bonds is 5. The number of hydrogen-bond acceptors (Lipinski definition) is 5. The van der Waals surface area contributed by atoms with Gasteiger partial charge in [0.15, 0.2) is 5.96 Å². The van der Waals surface area contributed by atoms with Gasteiger partial charge < -0.3 is 15.1 Å². The van der Waals surface area contributed by atoms with Gasteiger partial charge >= 0.3 is 0 Å². The molecule has 6 nitrogen and oxygen atoms in total. The van der Waals surface area contributed by atoms with E-state index in [0.717, 1.165) is 64.2 Å². The predicted octanol–water partition coefficient (Wildman–Crippen LogP) is 3.37. The van der Waals surface area contributed by atoms with E-state index in [1.54, 1.807) is 11.3 Å². The Balaban J connectivity index is 1.19. The maximum absolute atomic E-state index is 4.61. The molecule has 2 saturated heterocycles. The van der Waals surface area contributed by atoms with Crippen LogP contribution < -0.4 is 10.2 Å². The number of likely N-dealkylation sites (tertiary alicyclic amines) is 1. The van der Waals surface area contributed by atoms with E-state index in [9.17, 15) is 0 Å². The minimum atomic E-state index is 0.721. The lowest BCUT2D eigenvalue weighted by molar-refractivity contribution is 0.176. The second-order valence-corrected chi connectivity index (χ2v) is 9.88. The third kappa shape index (κ3) is 5.98. The van der Waals surface area contributed by atoms with E-state index in [-0.39, 0.29) is 0 Å². The first kappa shape index (κ1) is 22.1. The summed E-state index contributed by atoms with van der Waals surface area (Å²) in [5.74, 6) is 1.78. The Morgan fingerprint density at radius 2 is 1.90 bits per heavy atom. The number of benzene rings is 1. The number of anilines is 1. The lowest BCUT2D eigenvalue weighted by Gasteiger charge is -2.38. The molecule has 2 aromatic rings. The van der Waals surface area contributed by atoms with Crippen LogP contribution >= 0.6 is 11.3 Å². The third-order valence-corrected chi connectivity index (χ3v) is 7.29. The number of thiazole rings is 1. The summed E-state index contributed by atoms with van der Waals surface area (Å²) < 4.78 is 0. The smallest absolute Gasteiger partial charge is 0.193 e. The van der Waals surface area contributed by atoms with E-state index in [4.69, 9.17) is 0 Å². The van der Waals surface area contributed by atoms with Gasteiger partial charge in [0.25, 0.3) is 0 Å². The van der Waals surface area contributed by atoms with E-state index in [1.807, 2.05) is 7.05 Å². The van der Waals surface area contributed by atoms with Crippen LogP contribution in [0.15, 0.2) is 34.6 Å². The molecule has 0 amide bonds. The quantitative estimate of drug-likeness (QED) is 0.571. The van der Waals surface area contributed by atoms with Crippen molar-refractivity contribution in [2.45, 2.75) is 33.2 Å². The van der Waals surface area contributed by atoms with E-state index < -0.39 is 0 Å². The van der Waals surface area contributed by atoms with E-state index in [2.05, 4.69) is 73.5 Å². The summed E-state index contributed by atoms with van der Waals surface area (Å²) in [4.78, 5) is 16.6. The van der Waals surface area contributed by atoms with Gasteiger partial charge in [-0.2, -0.15) is 0 Å². The Kier molecular flexibility index (Phi) is 7.45. The maximum Gasteiger partial charge on any atom is 0.193 e. The van der Waals surface area contributed by atoms with Crippen LogP contribution in [0.4, 0.5) is 5.69 Å².